The number of aryl methyl sites for hydroxylation is 1. The molecular formula is C12H19N3O3. The van der Waals surface area contributed by atoms with Crippen LogP contribution in [0.25, 0.3) is 0 Å². The van der Waals surface area contributed by atoms with Gasteiger partial charge in [0.05, 0.1) is 19.1 Å². The number of rotatable bonds is 4. The van der Waals surface area contributed by atoms with E-state index in [0.717, 1.165) is 25.1 Å². The molecule has 1 saturated heterocycles. The summed E-state index contributed by atoms with van der Waals surface area (Å²) in [7, 11) is 1.64. The largest absolute Gasteiger partial charge is 0.383 e. The van der Waals surface area contributed by atoms with E-state index in [1.165, 1.54) is 0 Å². The first-order valence-corrected chi connectivity index (χ1v) is 6.18. The third kappa shape index (κ3) is 2.48. The lowest BCUT2D eigenvalue weighted by molar-refractivity contribution is -0.132. The fourth-order valence-electron chi connectivity index (χ4n) is 2.47. The Hall–Kier alpha value is -1.56. The van der Waals surface area contributed by atoms with Crippen LogP contribution in [0.5, 0.6) is 0 Å². The number of ether oxygens (including phenoxy) is 1. The molecule has 1 aliphatic heterocycles. The lowest BCUT2D eigenvalue weighted by atomic mass is 10.1. The van der Waals surface area contributed by atoms with E-state index in [2.05, 4.69) is 10.2 Å². The number of hydrogen-bond acceptors (Lipinski definition) is 3. The molecular weight excluding hydrogens is 234 g/mol. The van der Waals surface area contributed by atoms with Crippen molar-refractivity contribution in [3.63, 3.8) is 0 Å². The van der Waals surface area contributed by atoms with Gasteiger partial charge in [0.15, 0.2) is 0 Å². The van der Waals surface area contributed by atoms with Crippen LogP contribution in [0.15, 0.2) is 4.79 Å². The number of aromatic amines is 2. The molecule has 0 unspecified atom stereocenters. The summed E-state index contributed by atoms with van der Waals surface area (Å²) in [5.74, 6) is 0.00255. The molecule has 1 amide bonds. The number of nitrogens with one attached hydrogen (secondary N) is 2. The second-order valence-corrected chi connectivity index (χ2v) is 4.70. The van der Waals surface area contributed by atoms with E-state index < -0.39 is 0 Å². The van der Waals surface area contributed by atoms with E-state index in [9.17, 15) is 9.59 Å². The fraction of sp³-hybridized carbons (Fsp3) is 0.667. The summed E-state index contributed by atoms with van der Waals surface area (Å²) in [5, 5.41) is 5.23. The van der Waals surface area contributed by atoms with E-state index >= 15 is 0 Å². The number of likely N-dealkylation sites (tertiary alicyclic amines) is 1. The lowest BCUT2D eigenvalue weighted by Crippen LogP contribution is -2.39. The predicted molar refractivity (Wildman–Crippen MR) is 66.5 cm³/mol. The van der Waals surface area contributed by atoms with Gasteiger partial charge in [0.1, 0.15) is 0 Å². The third-order valence-electron chi connectivity index (χ3n) is 3.47. The zero-order valence-electron chi connectivity index (χ0n) is 10.8. The summed E-state index contributed by atoms with van der Waals surface area (Å²) < 4.78 is 5.12. The molecule has 6 nitrogen and oxygen atoms in total. The number of methoxy groups -OCH3 is 1. The summed E-state index contributed by atoms with van der Waals surface area (Å²) >= 11 is 0. The van der Waals surface area contributed by atoms with Gasteiger partial charge in [0.25, 0.3) is 5.56 Å². The molecule has 100 valence electrons. The van der Waals surface area contributed by atoms with Crippen molar-refractivity contribution in [1.82, 2.24) is 15.1 Å². The highest BCUT2D eigenvalue weighted by Crippen LogP contribution is 2.18. The number of carbonyl (C=O) groups is 1. The molecule has 6 heteroatoms. The Morgan fingerprint density at radius 2 is 2.28 bits per heavy atom. The van der Waals surface area contributed by atoms with Crippen LogP contribution in [0, 0.1) is 6.92 Å². The maximum absolute atomic E-state index is 12.2. The molecule has 0 saturated carbocycles. The van der Waals surface area contributed by atoms with Gasteiger partial charge in [-0.05, 0) is 19.8 Å². The monoisotopic (exact) mass is 253 g/mol. The Balaban J connectivity index is 2.06. The third-order valence-corrected chi connectivity index (χ3v) is 3.47. The zero-order valence-corrected chi connectivity index (χ0v) is 10.8. The Morgan fingerprint density at radius 3 is 2.89 bits per heavy atom. The number of carbonyl (C=O) groups excluding carboxylic acids is 1. The molecule has 1 fully saturated rings. The van der Waals surface area contributed by atoms with Gasteiger partial charge in [0, 0.05) is 24.9 Å². The Labute approximate surface area is 105 Å². The van der Waals surface area contributed by atoms with Gasteiger partial charge >= 0.3 is 0 Å². The van der Waals surface area contributed by atoms with Crippen molar-refractivity contribution in [1.29, 1.82) is 0 Å². The van der Waals surface area contributed by atoms with Crippen molar-refractivity contribution in [2.45, 2.75) is 32.2 Å². The van der Waals surface area contributed by atoms with Gasteiger partial charge in [0.2, 0.25) is 5.91 Å². The summed E-state index contributed by atoms with van der Waals surface area (Å²) in [4.78, 5) is 25.6. The molecule has 2 rings (SSSR count). The predicted octanol–water partition coefficient (Wildman–Crippen LogP) is 0.191. The van der Waals surface area contributed by atoms with Crippen LogP contribution in [0.3, 0.4) is 0 Å². The first kappa shape index (κ1) is 12.9. The highest BCUT2D eigenvalue weighted by atomic mass is 16.5. The molecule has 0 spiro atoms. The summed E-state index contributed by atoms with van der Waals surface area (Å²) in [6, 6.07) is 0.154. The van der Waals surface area contributed by atoms with E-state index in [1.807, 2.05) is 4.90 Å². The fourth-order valence-corrected chi connectivity index (χ4v) is 2.47. The summed E-state index contributed by atoms with van der Waals surface area (Å²) in [6.07, 6.45) is 2.13. The number of H-pyrrole nitrogens is 2. The Kier molecular flexibility index (Phi) is 3.86. The van der Waals surface area contributed by atoms with Crippen molar-refractivity contribution in [2.24, 2.45) is 0 Å². The van der Waals surface area contributed by atoms with Crippen molar-refractivity contribution in [3.8, 4) is 0 Å². The molecule has 0 aromatic carbocycles. The quantitative estimate of drug-likeness (QED) is 0.804. The lowest BCUT2D eigenvalue weighted by Gasteiger charge is -2.23. The smallest absolute Gasteiger partial charge is 0.267 e. The molecule has 2 heterocycles. The van der Waals surface area contributed by atoms with Crippen molar-refractivity contribution < 1.29 is 9.53 Å². The maximum Gasteiger partial charge on any atom is 0.267 e. The zero-order chi connectivity index (χ0) is 13.1. The maximum atomic E-state index is 12.2. The topological polar surface area (TPSA) is 78.2 Å². The van der Waals surface area contributed by atoms with Gasteiger partial charge in [-0.25, -0.2) is 0 Å². The van der Waals surface area contributed by atoms with Gasteiger partial charge < -0.3 is 14.7 Å². The second-order valence-electron chi connectivity index (χ2n) is 4.70. The number of aromatic nitrogens is 2. The van der Waals surface area contributed by atoms with Gasteiger partial charge in [-0.2, -0.15) is 0 Å². The van der Waals surface area contributed by atoms with E-state index in [0.29, 0.717) is 12.2 Å². The molecule has 18 heavy (non-hydrogen) atoms. The average Bonchev–Trinajstić information content (AvgIpc) is 2.91. The average molecular weight is 253 g/mol. The van der Waals surface area contributed by atoms with E-state index in [1.54, 1.807) is 14.0 Å². The SMILES string of the molecule is COC[C@@H]1CCCN1C(=O)Cc1c(C)[nH][nH]c1=O. The van der Waals surface area contributed by atoms with Crippen molar-refractivity contribution >= 4 is 5.91 Å². The standard InChI is InChI=1S/C12H19N3O3/c1-8-10(12(17)14-13-8)6-11(16)15-5-3-4-9(15)7-18-2/h9H,3-7H2,1-2H3,(H2,13,14,17)/t9-/m0/s1. The highest BCUT2D eigenvalue weighted by molar-refractivity contribution is 5.79. The van der Waals surface area contributed by atoms with Crippen molar-refractivity contribution in [2.75, 3.05) is 20.3 Å². The molecule has 1 aromatic rings. The molecule has 2 N–H and O–H groups in total. The first-order valence-electron chi connectivity index (χ1n) is 6.18. The van der Waals surface area contributed by atoms with Crippen LogP contribution in [0.2, 0.25) is 0 Å². The summed E-state index contributed by atoms with van der Waals surface area (Å²) in [6.45, 7) is 3.11. The molecule has 1 atom stereocenters. The van der Waals surface area contributed by atoms with Crippen molar-refractivity contribution in [3.05, 3.63) is 21.6 Å². The summed E-state index contributed by atoms with van der Waals surface area (Å²) in [5.41, 5.74) is 1.06. The minimum absolute atomic E-state index is 0.00255. The molecule has 0 radical (unpaired) electrons. The molecule has 1 aromatic heterocycles. The molecule has 0 aliphatic carbocycles. The Morgan fingerprint density at radius 1 is 1.50 bits per heavy atom. The minimum atomic E-state index is -0.205. The van der Waals surface area contributed by atoms with Crippen LogP contribution >= 0.6 is 0 Å². The minimum Gasteiger partial charge on any atom is -0.383 e. The van der Waals surface area contributed by atoms with E-state index in [-0.39, 0.29) is 23.9 Å². The number of amides is 1. The van der Waals surface area contributed by atoms with E-state index in [4.69, 9.17) is 4.74 Å². The van der Waals surface area contributed by atoms with Gasteiger partial charge in [-0.15, -0.1) is 0 Å². The van der Waals surface area contributed by atoms with Gasteiger partial charge in [-0.1, -0.05) is 0 Å². The Bertz CT molecular complexity index is 477. The molecule has 0 bridgehead atoms. The van der Waals surface area contributed by atoms with Crippen LogP contribution in [0.4, 0.5) is 0 Å². The second kappa shape index (κ2) is 5.39. The van der Waals surface area contributed by atoms with Crippen LogP contribution in [0.1, 0.15) is 24.1 Å². The first-order chi connectivity index (χ1) is 8.63. The van der Waals surface area contributed by atoms with Crippen LogP contribution < -0.4 is 5.56 Å². The normalized spacial score (nSPS) is 19.4. The number of hydrogen-bond donors (Lipinski definition) is 2. The van der Waals surface area contributed by atoms with Crippen LogP contribution in [-0.4, -0.2) is 47.3 Å². The highest BCUT2D eigenvalue weighted by Gasteiger charge is 2.29. The number of nitrogens with zero attached hydrogens (tertiary/aromatic N) is 1. The van der Waals surface area contributed by atoms with Crippen LogP contribution in [-0.2, 0) is 16.0 Å². The van der Waals surface area contributed by atoms with Gasteiger partial charge in [-0.3, -0.25) is 14.7 Å². The molecule has 1 aliphatic rings.